The first kappa shape index (κ1) is 16.4. The molecule has 0 radical (unpaired) electrons. The molecule has 0 bridgehead atoms. The van der Waals surface area contributed by atoms with Gasteiger partial charge in [-0.05, 0) is 19.9 Å². The molecule has 1 aliphatic heterocycles. The van der Waals surface area contributed by atoms with E-state index in [0.29, 0.717) is 6.54 Å². The number of carbonyl (C=O) groups is 2. The Balaban J connectivity index is 1.70. The zero-order valence-corrected chi connectivity index (χ0v) is 12.7. The van der Waals surface area contributed by atoms with E-state index in [1.807, 2.05) is 0 Å². The van der Waals surface area contributed by atoms with Gasteiger partial charge in [-0.1, -0.05) is 0 Å². The maximum Gasteiger partial charge on any atom is 0.338 e. The van der Waals surface area contributed by atoms with E-state index < -0.39 is 12.0 Å². The van der Waals surface area contributed by atoms with E-state index in [1.165, 1.54) is 17.1 Å². The molecule has 0 aliphatic carbocycles. The standard InChI is InChI=1S/C14H22N4O4/c1-11(18-10-12(9-16-18)14(20)21)13(19)15-3-2-4-17-5-7-22-8-6-17/h9-11H,2-8H2,1H3,(H,15,19)(H,20,21). The van der Waals surface area contributed by atoms with Gasteiger partial charge in [0.2, 0.25) is 5.91 Å². The molecule has 1 aromatic rings. The van der Waals surface area contributed by atoms with Crippen LogP contribution in [0.3, 0.4) is 0 Å². The summed E-state index contributed by atoms with van der Waals surface area (Å²) < 4.78 is 6.64. The lowest BCUT2D eigenvalue weighted by Crippen LogP contribution is -2.38. The number of morpholine rings is 1. The SMILES string of the molecule is CC(C(=O)NCCCN1CCOCC1)n1cc(C(=O)O)cn1. The lowest BCUT2D eigenvalue weighted by atomic mass is 10.3. The molecule has 2 N–H and O–H groups in total. The predicted molar refractivity (Wildman–Crippen MR) is 78.8 cm³/mol. The van der Waals surface area contributed by atoms with Gasteiger partial charge in [-0.3, -0.25) is 14.4 Å². The minimum absolute atomic E-state index is 0.0759. The van der Waals surface area contributed by atoms with Gasteiger partial charge in [0.05, 0.1) is 25.0 Å². The summed E-state index contributed by atoms with van der Waals surface area (Å²) in [7, 11) is 0. The predicted octanol–water partition coefficient (Wildman–Crippen LogP) is -0.0192. The van der Waals surface area contributed by atoms with Gasteiger partial charge in [0.25, 0.3) is 0 Å². The van der Waals surface area contributed by atoms with E-state index in [-0.39, 0.29) is 11.5 Å². The van der Waals surface area contributed by atoms with E-state index in [4.69, 9.17) is 9.84 Å². The Labute approximate surface area is 129 Å². The van der Waals surface area contributed by atoms with E-state index in [1.54, 1.807) is 6.92 Å². The summed E-state index contributed by atoms with van der Waals surface area (Å²) in [5.74, 6) is -1.22. The van der Waals surface area contributed by atoms with Crippen LogP contribution in [0.5, 0.6) is 0 Å². The average Bonchev–Trinajstić information content (AvgIpc) is 3.02. The molecular weight excluding hydrogens is 288 g/mol. The highest BCUT2D eigenvalue weighted by atomic mass is 16.5. The van der Waals surface area contributed by atoms with Crippen molar-refractivity contribution in [2.24, 2.45) is 0 Å². The second kappa shape index (κ2) is 7.90. The fourth-order valence-electron chi connectivity index (χ4n) is 2.27. The highest BCUT2D eigenvalue weighted by Gasteiger charge is 2.17. The summed E-state index contributed by atoms with van der Waals surface area (Å²) in [5.41, 5.74) is 0.0759. The van der Waals surface area contributed by atoms with E-state index in [2.05, 4.69) is 15.3 Å². The minimum atomic E-state index is -1.05. The topological polar surface area (TPSA) is 96.7 Å². The number of carbonyl (C=O) groups excluding carboxylic acids is 1. The van der Waals surface area contributed by atoms with Gasteiger partial charge in [0, 0.05) is 25.8 Å². The lowest BCUT2D eigenvalue weighted by Gasteiger charge is -2.26. The highest BCUT2D eigenvalue weighted by molar-refractivity contribution is 5.87. The van der Waals surface area contributed by atoms with Crippen molar-refractivity contribution in [1.82, 2.24) is 20.0 Å². The highest BCUT2D eigenvalue weighted by Crippen LogP contribution is 2.07. The summed E-state index contributed by atoms with van der Waals surface area (Å²) in [6.45, 7) is 6.64. The van der Waals surface area contributed by atoms with Crippen LogP contribution in [-0.2, 0) is 9.53 Å². The van der Waals surface area contributed by atoms with E-state index >= 15 is 0 Å². The molecule has 0 aromatic carbocycles. The molecule has 1 aromatic heterocycles. The molecule has 1 fully saturated rings. The molecule has 122 valence electrons. The first-order chi connectivity index (χ1) is 10.6. The normalized spacial score (nSPS) is 17.1. The third-order valence-electron chi connectivity index (χ3n) is 3.68. The van der Waals surface area contributed by atoms with Crippen LogP contribution >= 0.6 is 0 Å². The smallest absolute Gasteiger partial charge is 0.338 e. The zero-order valence-electron chi connectivity index (χ0n) is 12.7. The minimum Gasteiger partial charge on any atom is -0.478 e. The summed E-state index contributed by atoms with van der Waals surface area (Å²) in [6, 6.07) is -0.531. The molecule has 8 heteroatoms. The van der Waals surface area contributed by atoms with Crippen molar-refractivity contribution in [3.05, 3.63) is 18.0 Å². The molecule has 0 spiro atoms. The van der Waals surface area contributed by atoms with Gasteiger partial charge in [-0.15, -0.1) is 0 Å². The number of nitrogens with zero attached hydrogens (tertiary/aromatic N) is 3. The first-order valence-corrected chi connectivity index (χ1v) is 7.43. The van der Waals surface area contributed by atoms with Gasteiger partial charge in [0.1, 0.15) is 6.04 Å². The number of aromatic carboxylic acids is 1. The molecule has 1 atom stereocenters. The van der Waals surface area contributed by atoms with Crippen molar-refractivity contribution < 1.29 is 19.4 Å². The molecule has 2 heterocycles. The maximum atomic E-state index is 12.0. The molecule has 8 nitrogen and oxygen atoms in total. The summed E-state index contributed by atoms with van der Waals surface area (Å²) in [6.07, 6.45) is 3.47. The van der Waals surface area contributed by atoms with Crippen LogP contribution in [0.2, 0.25) is 0 Å². The van der Waals surface area contributed by atoms with Crippen molar-refractivity contribution in [2.45, 2.75) is 19.4 Å². The Morgan fingerprint density at radius 3 is 2.82 bits per heavy atom. The third kappa shape index (κ3) is 4.54. The van der Waals surface area contributed by atoms with Crippen LogP contribution in [0.15, 0.2) is 12.4 Å². The summed E-state index contributed by atoms with van der Waals surface area (Å²) in [5, 5.41) is 15.6. The molecular formula is C14H22N4O4. The Bertz CT molecular complexity index is 511. The largest absolute Gasteiger partial charge is 0.478 e. The quantitative estimate of drug-likeness (QED) is 0.687. The van der Waals surface area contributed by atoms with Crippen molar-refractivity contribution in [1.29, 1.82) is 0 Å². The number of carboxylic acids is 1. The molecule has 2 rings (SSSR count). The number of ether oxygens (including phenoxy) is 1. The van der Waals surface area contributed by atoms with Gasteiger partial charge in [-0.2, -0.15) is 5.10 Å². The zero-order chi connectivity index (χ0) is 15.9. The molecule has 1 unspecified atom stereocenters. The number of amides is 1. The second-order valence-corrected chi connectivity index (χ2v) is 5.29. The Morgan fingerprint density at radius 1 is 1.45 bits per heavy atom. The number of hydrogen-bond donors (Lipinski definition) is 2. The van der Waals surface area contributed by atoms with Gasteiger partial charge in [0.15, 0.2) is 0 Å². The van der Waals surface area contributed by atoms with Crippen molar-refractivity contribution in [2.75, 3.05) is 39.4 Å². The van der Waals surface area contributed by atoms with Crippen LogP contribution in [0, 0.1) is 0 Å². The van der Waals surface area contributed by atoms with Crippen LogP contribution in [0.25, 0.3) is 0 Å². The van der Waals surface area contributed by atoms with E-state index in [0.717, 1.165) is 39.3 Å². The van der Waals surface area contributed by atoms with Crippen LogP contribution in [0.4, 0.5) is 0 Å². The fraction of sp³-hybridized carbons (Fsp3) is 0.643. The van der Waals surface area contributed by atoms with Crippen molar-refractivity contribution >= 4 is 11.9 Å². The van der Waals surface area contributed by atoms with Crippen LogP contribution < -0.4 is 5.32 Å². The van der Waals surface area contributed by atoms with Crippen LogP contribution in [-0.4, -0.2) is 71.1 Å². The molecule has 1 amide bonds. The number of carboxylic acid groups (broad SMARTS) is 1. The number of nitrogens with one attached hydrogen (secondary N) is 1. The van der Waals surface area contributed by atoms with Crippen molar-refractivity contribution in [3.8, 4) is 0 Å². The molecule has 0 saturated carbocycles. The summed E-state index contributed by atoms with van der Waals surface area (Å²) in [4.78, 5) is 25.1. The maximum absolute atomic E-state index is 12.0. The van der Waals surface area contributed by atoms with Gasteiger partial charge < -0.3 is 15.2 Å². The monoisotopic (exact) mass is 310 g/mol. The molecule has 1 aliphatic rings. The molecule has 1 saturated heterocycles. The second-order valence-electron chi connectivity index (χ2n) is 5.29. The van der Waals surface area contributed by atoms with Crippen LogP contribution in [0.1, 0.15) is 29.7 Å². The Kier molecular flexibility index (Phi) is 5.91. The first-order valence-electron chi connectivity index (χ1n) is 7.43. The third-order valence-corrected chi connectivity index (χ3v) is 3.68. The van der Waals surface area contributed by atoms with Gasteiger partial charge in [-0.25, -0.2) is 4.79 Å². The Hall–Kier alpha value is -1.93. The number of rotatable bonds is 7. The average molecular weight is 310 g/mol. The lowest BCUT2D eigenvalue weighted by molar-refractivity contribution is -0.124. The number of hydrogen-bond acceptors (Lipinski definition) is 5. The number of aromatic nitrogens is 2. The summed E-state index contributed by atoms with van der Waals surface area (Å²) >= 11 is 0. The fourth-order valence-corrected chi connectivity index (χ4v) is 2.27. The van der Waals surface area contributed by atoms with E-state index in [9.17, 15) is 9.59 Å². The Morgan fingerprint density at radius 2 is 2.18 bits per heavy atom. The molecule has 22 heavy (non-hydrogen) atoms. The van der Waals surface area contributed by atoms with Crippen molar-refractivity contribution in [3.63, 3.8) is 0 Å². The van der Waals surface area contributed by atoms with Gasteiger partial charge >= 0.3 is 5.97 Å².